The van der Waals surface area contributed by atoms with Crippen LogP contribution in [0.2, 0.25) is 0 Å². The fraction of sp³-hybridized carbons (Fsp3) is 1.00. The van der Waals surface area contributed by atoms with Crippen molar-refractivity contribution in [3.63, 3.8) is 0 Å². The Labute approximate surface area is 105 Å². The molecule has 1 atom stereocenters. The van der Waals surface area contributed by atoms with Crippen molar-refractivity contribution < 1.29 is 10.2 Å². The zero-order valence-corrected chi connectivity index (χ0v) is 11.1. The van der Waals surface area contributed by atoms with Gasteiger partial charge in [-0.2, -0.15) is 0 Å². The van der Waals surface area contributed by atoms with E-state index in [1.54, 1.807) is 0 Å². The molecule has 0 aliphatic heterocycles. The Morgan fingerprint density at radius 1 is 1.29 bits per heavy atom. The van der Waals surface area contributed by atoms with Gasteiger partial charge in [-0.15, -0.1) is 0 Å². The quantitative estimate of drug-likeness (QED) is 0.547. The van der Waals surface area contributed by atoms with Crippen molar-refractivity contribution in [1.82, 2.24) is 10.2 Å². The molecule has 1 saturated carbocycles. The van der Waals surface area contributed by atoms with Gasteiger partial charge < -0.3 is 20.4 Å². The first-order valence-electron chi connectivity index (χ1n) is 6.94. The second-order valence-corrected chi connectivity index (χ2v) is 5.17. The minimum atomic E-state index is -0.619. The Kier molecular flexibility index (Phi) is 7.77. The topological polar surface area (TPSA) is 55.7 Å². The van der Waals surface area contributed by atoms with Crippen molar-refractivity contribution in [1.29, 1.82) is 0 Å². The average molecular weight is 244 g/mol. The molecule has 17 heavy (non-hydrogen) atoms. The van der Waals surface area contributed by atoms with E-state index in [-0.39, 0.29) is 6.61 Å². The predicted octanol–water partition coefficient (Wildman–Crippen LogP) is 0.584. The summed E-state index contributed by atoms with van der Waals surface area (Å²) in [7, 11) is 2.22. The maximum Gasteiger partial charge on any atom is 0.0894 e. The molecule has 0 saturated heterocycles. The molecule has 1 aliphatic rings. The molecule has 0 unspecified atom stereocenters. The second-order valence-electron chi connectivity index (χ2n) is 5.17. The van der Waals surface area contributed by atoms with Crippen LogP contribution in [0.3, 0.4) is 0 Å². The van der Waals surface area contributed by atoms with Gasteiger partial charge in [-0.05, 0) is 39.4 Å². The molecule has 0 heterocycles. The number of nitrogens with zero attached hydrogens (tertiary/aromatic N) is 1. The van der Waals surface area contributed by atoms with Crippen molar-refractivity contribution in [2.24, 2.45) is 0 Å². The highest BCUT2D eigenvalue weighted by molar-refractivity contribution is 4.73. The van der Waals surface area contributed by atoms with Gasteiger partial charge in [0.1, 0.15) is 0 Å². The zero-order valence-electron chi connectivity index (χ0n) is 11.1. The summed E-state index contributed by atoms with van der Waals surface area (Å²) in [5.74, 6) is 0. The Hall–Kier alpha value is -0.160. The van der Waals surface area contributed by atoms with Crippen molar-refractivity contribution in [3.05, 3.63) is 0 Å². The third kappa shape index (κ3) is 6.36. The van der Waals surface area contributed by atoms with E-state index in [0.29, 0.717) is 6.54 Å². The molecule has 4 nitrogen and oxygen atoms in total. The van der Waals surface area contributed by atoms with Gasteiger partial charge >= 0.3 is 0 Å². The second kappa shape index (κ2) is 8.86. The predicted molar refractivity (Wildman–Crippen MR) is 70.1 cm³/mol. The number of aliphatic hydroxyl groups excluding tert-OH is 2. The molecule has 1 rings (SSSR count). The largest absolute Gasteiger partial charge is 0.394 e. The standard InChI is InChI=1S/C13H28N2O2/c1-15(12-6-3-2-4-7-12)9-5-8-14-10-13(17)11-16/h12-14,16-17H,2-11H2,1H3/t13-/m0/s1. The van der Waals surface area contributed by atoms with Crippen molar-refractivity contribution >= 4 is 0 Å². The molecular weight excluding hydrogens is 216 g/mol. The first-order chi connectivity index (χ1) is 8.24. The molecule has 0 aromatic carbocycles. The van der Waals surface area contributed by atoms with Crippen LogP contribution in [-0.2, 0) is 0 Å². The molecule has 0 aromatic heterocycles. The van der Waals surface area contributed by atoms with Crippen molar-refractivity contribution in [2.45, 2.75) is 50.7 Å². The fourth-order valence-electron chi connectivity index (χ4n) is 2.49. The Bertz CT molecular complexity index is 184. The molecule has 3 N–H and O–H groups in total. The molecule has 0 spiro atoms. The number of hydrogen-bond acceptors (Lipinski definition) is 4. The molecule has 1 aliphatic carbocycles. The summed E-state index contributed by atoms with van der Waals surface area (Å²) < 4.78 is 0. The number of nitrogens with one attached hydrogen (secondary N) is 1. The number of rotatable bonds is 8. The summed E-state index contributed by atoms with van der Waals surface area (Å²) in [6.45, 7) is 2.36. The molecule has 0 radical (unpaired) electrons. The van der Waals surface area contributed by atoms with Crippen LogP contribution in [0.4, 0.5) is 0 Å². The van der Waals surface area contributed by atoms with Crippen LogP contribution in [0.1, 0.15) is 38.5 Å². The van der Waals surface area contributed by atoms with Gasteiger partial charge in [-0.1, -0.05) is 19.3 Å². The molecule has 1 fully saturated rings. The van der Waals surface area contributed by atoms with Crippen molar-refractivity contribution in [3.8, 4) is 0 Å². The van der Waals surface area contributed by atoms with Gasteiger partial charge in [0.25, 0.3) is 0 Å². The van der Waals surface area contributed by atoms with Crippen LogP contribution < -0.4 is 5.32 Å². The first kappa shape index (κ1) is 14.9. The number of hydrogen-bond donors (Lipinski definition) is 3. The van der Waals surface area contributed by atoms with Crippen molar-refractivity contribution in [2.75, 3.05) is 33.3 Å². The molecule has 4 heteroatoms. The Balaban J connectivity index is 1.97. The molecule has 0 bridgehead atoms. The van der Waals surface area contributed by atoms with Gasteiger partial charge in [0.2, 0.25) is 0 Å². The first-order valence-corrected chi connectivity index (χ1v) is 6.94. The average Bonchev–Trinajstić information content (AvgIpc) is 2.38. The van der Waals surface area contributed by atoms with Crippen LogP contribution in [-0.4, -0.2) is 60.5 Å². The minimum Gasteiger partial charge on any atom is -0.394 e. The minimum absolute atomic E-state index is 0.158. The Morgan fingerprint density at radius 3 is 2.65 bits per heavy atom. The smallest absolute Gasteiger partial charge is 0.0894 e. The van der Waals surface area contributed by atoms with Gasteiger partial charge in [-0.3, -0.25) is 0 Å². The van der Waals surface area contributed by atoms with E-state index in [1.807, 2.05) is 0 Å². The lowest BCUT2D eigenvalue weighted by atomic mass is 9.94. The lowest BCUT2D eigenvalue weighted by Gasteiger charge is -2.31. The maximum absolute atomic E-state index is 9.15. The molecule has 0 amide bonds. The summed E-state index contributed by atoms with van der Waals surface area (Å²) in [6, 6.07) is 0.784. The van der Waals surface area contributed by atoms with Gasteiger partial charge in [-0.25, -0.2) is 0 Å². The Morgan fingerprint density at radius 2 is 2.00 bits per heavy atom. The number of aliphatic hydroxyl groups is 2. The third-order valence-corrected chi connectivity index (χ3v) is 3.65. The van der Waals surface area contributed by atoms with Crippen LogP contribution in [0, 0.1) is 0 Å². The third-order valence-electron chi connectivity index (χ3n) is 3.65. The monoisotopic (exact) mass is 244 g/mol. The molecular formula is C13H28N2O2. The van der Waals surface area contributed by atoms with Gasteiger partial charge in [0.15, 0.2) is 0 Å². The summed E-state index contributed by atoms with van der Waals surface area (Å²) in [5, 5.41) is 21.0. The van der Waals surface area contributed by atoms with E-state index in [0.717, 1.165) is 25.6 Å². The summed E-state index contributed by atoms with van der Waals surface area (Å²) in [5.41, 5.74) is 0. The highest BCUT2D eigenvalue weighted by Crippen LogP contribution is 2.21. The van der Waals surface area contributed by atoms with Gasteiger partial charge in [0, 0.05) is 12.6 Å². The normalized spacial score (nSPS) is 19.8. The van der Waals surface area contributed by atoms with Crippen LogP contribution in [0.5, 0.6) is 0 Å². The van der Waals surface area contributed by atoms with Crippen LogP contribution >= 0.6 is 0 Å². The van der Waals surface area contributed by atoms with E-state index >= 15 is 0 Å². The lowest BCUT2D eigenvalue weighted by Crippen LogP contribution is -2.36. The lowest BCUT2D eigenvalue weighted by molar-refractivity contribution is 0.0941. The molecule has 0 aromatic rings. The SMILES string of the molecule is CN(CCCNC[C@H](O)CO)C1CCCCC1. The van der Waals surface area contributed by atoms with E-state index in [4.69, 9.17) is 10.2 Å². The highest BCUT2D eigenvalue weighted by Gasteiger charge is 2.17. The van der Waals surface area contributed by atoms with E-state index in [1.165, 1.54) is 32.1 Å². The fourth-order valence-corrected chi connectivity index (χ4v) is 2.49. The molecule has 102 valence electrons. The van der Waals surface area contributed by atoms with E-state index in [2.05, 4.69) is 17.3 Å². The highest BCUT2D eigenvalue weighted by atomic mass is 16.3. The summed E-state index contributed by atoms with van der Waals surface area (Å²) in [4.78, 5) is 2.48. The zero-order chi connectivity index (χ0) is 12.5. The maximum atomic E-state index is 9.15. The summed E-state index contributed by atoms with van der Waals surface area (Å²) >= 11 is 0. The van der Waals surface area contributed by atoms with E-state index in [9.17, 15) is 0 Å². The summed E-state index contributed by atoms with van der Waals surface area (Å²) in [6.07, 6.45) is 7.37. The van der Waals surface area contributed by atoms with Gasteiger partial charge in [0.05, 0.1) is 12.7 Å². The van der Waals surface area contributed by atoms with Crippen LogP contribution in [0.25, 0.3) is 0 Å². The van der Waals surface area contributed by atoms with E-state index < -0.39 is 6.10 Å². The van der Waals surface area contributed by atoms with Crippen LogP contribution in [0.15, 0.2) is 0 Å².